The third-order valence-corrected chi connectivity index (χ3v) is 5.72. The van der Waals surface area contributed by atoms with Gasteiger partial charge in [0.1, 0.15) is 0 Å². The molecule has 1 saturated heterocycles. The average Bonchev–Trinajstić information content (AvgIpc) is 2.83. The van der Waals surface area contributed by atoms with Gasteiger partial charge in [0.15, 0.2) is 11.5 Å². The molecule has 8 nitrogen and oxygen atoms in total. The average molecular weight is 440 g/mol. The molecule has 0 aromatic heterocycles. The summed E-state index contributed by atoms with van der Waals surface area (Å²) in [6, 6.07) is 10.5. The molecule has 1 heterocycles. The van der Waals surface area contributed by atoms with Crippen LogP contribution in [-0.4, -0.2) is 74.5 Å². The Morgan fingerprint density at radius 1 is 0.812 bits per heavy atom. The summed E-state index contributed by atoms with van der Waals surface area (Å²) >= 11 is 0. The molecule has 1 fully saturated rings. The van der Waals surface area contributed by atoms with Gasteiger partial charge >= 0.3 is 0 Å². The smallest absolute Gasteiger partial charge is 0.254 e. The van der Waals surface area contributed by atoms with Gasteiger partial charge in [0.05, 0.1) is 20.8 Å². The van der Waals surface area contributed by atoms with E-state index in [4.69, 9.17) is 9.47 Å². The van der Waals surface area contributed by atoms with Crippen LogP contribution in [0.3, 0.4) is 0 Å². The molecule has 8 heteroatoms. The minimum Gasteiger partial charge on any atom is -0.493 e. The van der Waals surface area contributed by atoms with Crippen molar-refractivity contribution >= 4 is 17.7 Å². The highest BCUT2D eigenvalue weighted by molar-refractivity contribution is 5.97. The Balaban J connectivity index is 1.51. The van der Waals surface area contributed by atoms with Crippen molar-refractivity contribution in [3.05, 3.63) is 58.7 Å². The number of amides is 3. The Kier molecular flexibility index (Phi) is 7.35. The summed E-state index contributed by atoms with van der Waals surface area (Å²) < 4.78 is 10.5. The summed E-state index contributed by atoms with van der Waals surface area (Å²) in [5, 5.41) is 2.69. The lowest BCUT2D eigenvalue weighted by molar-refractivity contribution is -0.131. The maximum atomic E-state index is 12.8. The van der Waals surface area contributed by atoms with Crippen LogP contribution < -0.4 is 14.8 Å². The van der Waals surface area contributed by atoms with Crippen LogP contribution in [0.2, 0.25) is 0 Å². The number of hydrogen-bond donors (Lipinski definition) is 1. The zero-order valence-corrected chi connectivity index (χ0v) is 18.9. The zero-order valence-electron chi connectivity index (χ0n) is 18.9. The highest BCUT2D eigenvalue weighted by Crippen LogP contribution is 2.28. The van der Waals surface area contributed by atoms with Crippen LogP contribution in [0.15, 0.2) is 36.4 Å². The van der Waals surface area contributed by atoms with Crippen LogP contribution >= 0.6 is 0 Å². The van der Waals surface area contributed by atoms with Crippen molar-refractivity contribution < 1.29 is 23.9 Å². The van der Waals surface area contributed by atoms with Crippen molar-refractivity contribution in [3.63, 3.8) is 0 Å². The number of aryl methyl sites for hydroxylation is 2. The molecule has 0 aliphatic carbocycles. The fourth-order valence-electron chi connectivity index (χ4n) is 3.56. The van der Waals surface area contributed by atoms with E-state index >= 15 is 0 Å². The molecular formula is C24H29N3O5. The Hall–Kier alpha value is -3.55. The van der Waals surface area contributed by atoms with Crippen molar-refractivity contribution in [2.75, 3.05) is 46.9 Å². The number of nitrogens with zero attached hydrogens (tertiary/aromatic N) is 2. The predicted molar refractivity (Wildman–Crippen MR) is 120 cm³/mol. The summed E-state index contributed by atoms with van der Waals surface area (Å²) in [5.74, 6) is 0.485. The van der Waals surface area contributed by atoms with Crippen LogP contribution in [0.25, 0.3) is 0 Å². The molecule has 3 rings (SSSR count). The van der Waals surface area contributed by atoms with E-state index in [0.717, 1.165) is 11.1 Å². The molecule has 0 radical (unpaired) electrons. The second-order valence-electron chi connectivity index (χ2n) is 7.72. The van der Waals surface area contributed by atoms with Crippen LogP contribution in [0.4, 0.5) is 0 Å². The van der Waals surface area contributed by atoms with E-state index in [-0.39, 0.29) is 24.3 Å². The fraction of sp³-hybridized carbons (Fsp3) is 0.375. The zero-order chi connectivity index (χ0) is 23.3. The van der Waals surface area contributed by atoms with Gasteiger partial charge in [0.2, 0.25) is 5.91 Å². The van der Waals surface area contributed by atoms with Gasteiger partial charge < -0.3 is 24.6 Å². The Morgan fingerprint density at radius 3 is 2.06 bits per heavy atom. The summed E-state index contributed by atoms with van der Waals surface area (Å²) in [5.41, 5.74) is 3.17. The fourth-order valence-corrected chi connectivity index (χ4v) is 3.56. The molecule has 1 aliphatic rings. The van der Waals surface area contributed by atoms with Gasteiger partial charge in [-0.3, -0.25) is 14.4 Å². The summed E-state index contributed by atoms with van der Waals surface area (Å²) in [4.78, 5) is 41.1. The third kappa shape index (κ3) is 5.19. The number of piperazine rings is 1. The van der Waals surface area contributed by atoms with Gasteiger partial charge in [-0.05, 0) is 55.3 Å². The lowest BCUT2D eigenvalue weighted by atomic mass is 10.1. The van der Waals surface area contributed by atoms with Crippen molar-refractivity contribution in [2.24, 2.45) is 0 Å². The molecule has 1 N–H and O–H groups in total. The van der Waals surface area contributed by atoms with Crippen LogP contribution in [0.1, 0.15) is 31.8 Å². The molecule has 32 heavy (non-hydrogen) atoms. The highest BCUT2D eigenvalue weighted by Gasteiger charge is 2.25. The second kappa shape index (κ2) is 10.2. The number of ether oxygens (including phenoxy) is 2. The Morgan fingerprint density at radius 2 is 1.44 bits per heavy atom. The largest absolute Gasteiger partial charge is 0.493 e. The summed E-state index contributed by atoms with van der Waals surface area (Å²) in [6.07, 6.45) is 0. The van der Waals surface area contributed by atoms with E-state index in [1.165, 1.54) is 7.11 Å². The molecule has 0 bridgehead atoms. The van der Waals surface area contributed by atoms with Crippen molar-refractivity contribution in [2.45, 2.75) is 13.8 Å². The number of rotatable bonds is 6. The number of hydrogen-bond acceptors (Lipinski definition) is 5. The Bertz CT molecular complexity index is 1010. The van der Waals surface area contributed by atoms with Crippen molar-refractivity contribution in [3.8, 4) is 11.5 Å². The SMILES string of the molecule is COc1ccc(C(=O)N2CCN(C(=O)CNC(=O)c3ccc(C)c(C)c3)CC2)cc1OC. The monoisotopic (exact) mass is 439 g/mol. The molecule has 0 saturated carbocycles. The molecule has 0 spiro atoms. The quantitative estimate of drug-likeness (QED) is 0.744. The minimum atomic E-state index is -0.274. The maximum Gasteiger partial charge on any atom is 0.254 e. The van der Waals surface area contributed by atoms with Crippen LogP contribution in [-0.2, 0) is 4.79 Å². The normalized spacial score (nSPS) is 13.5. The molecule has 3 amide bonds. The first-order valence-corrected chi connectivity index (χ1v) is 10.5. The van der Waals surface area contributed by atoms with Gasteiger partial charge in [-0.25, -0.2) is 0 Å². The molecule has 1 aliphatic heterocycles. The highest BCUT2D eigenvalue weighted by atomic mass is 16.5. The lowest BCUT2D eigenvalue weighted by Gasteiger charge is -2.35. The number of carbonyl (C=O) groups is 3. The van der Waals surface area contributed by atoms with Crippen LogP contribution in [0, 0.1) is 13.8 Å². The molecule has 0 unspecified atom stereocenters. The number of nitrogens with one attached hydrogen (secondary N) is 1. The molecular weight excluding hydrogens is 410 g/mol. The van der Waals surface area contributed by atoms with Gasteiger partial charge in [-0.15, -0.1) is 0 Å². The number of methoxy groups -OCH3 is 2. The standard InChI is InChI=1S/C24H29N3O5/c1-16-5-6-18(13-17(16)2)23(29)25-15-22(28)26-9-11-27(12-10-26)24(30)19-7-8-20(31-3)21(14-19)32-4/h5-8,13-14H,9-12,15H2,1-4H3,(H,25,29). The summed E-state index contributed by atoms with van der Waals surface area (Å²) in [6.45, 7) is 5.52. The molecule has 0 atom stereocenters. The van der Waals surface area contributed by atoms with E-state index in [1.807, 2.05) is 26.0 Å². The van der Waals surface area contributed by atoms with E-state index in [1.54, 1.807) is 41.2 Å². The molecule has 2 aromatic rings. The summed E-state index contributed by atoms with van der Waals surface area (Å²) in [7, 11) is 3.06. The van der Waals surface area contributed by atoms with Crippen molar-refractivity contribution in [1.82, 2.24) is 15.1 Å². The van der Waals surface area contributed by atoms with E-state index in [0.29, 0.717) is 48.8 Å². The molecule has 170 valence electrons. The maximum absolute atomic E-state index is 12.8. The minimum absolute atomic E-state index is 0.0740. The Labute approximate surface area is 188 Å². The first-order valence-electron chi connectivity index (χ1n) is 10.5. The van der Waals surface area contributed by atoms with E-state index in [9.17, 15) is 14.4 Å². The predicted octanol–water partition coefficient (Wildman–Crippen LogP) is 2.04. The van der Waals surface area contributed by atoms with Gasteiger partial charge in [0.25, 0.3) is 11.8 Å². The van der Waals surface area contributed by atoms with Gasteiger partial charge in [-0.2, -0.15) is 0 Å². The van der Waals surface area contributed by atoms with Crippen molar-refractivity contribution in [1.29, 1.82) is 0 Å². The van der Waals surface area contributed by atoms with E-state index < -0.39 is 0 Å². The van der Waals surface area contributed by atoms with Crippen LogP contribution in [0.5, 0.6) is 11.5 Å². The van der Waals surface area contributed by atoms with Gasteiger partial charge in [-0.1, -0.05) is 6.07 Å². The first-order chi connectivity index (χ1) is 15.3. The number of carbonyl (C=O) groups excluding carboxylic acids is 3. The molecule has 2 aromatic carbocycles. The topological polar surface area (TPSA) is 88.2 Å². The number of benzene rings is 2. The lowest BCUT2D eigenvalue weighted by Crippen LogP contribution is -2.52. The first kappa shape index (κ1) is 23.1. The third-order valence-electron chi connectivity index (χ3n) is 5.72. The van der Waals surface area contributed by atoms with E-state index in [2.05, 4.69) is 5.32 Å². The second-order valence-corrected chi connectivity index (χ2v) is 7.72. The van der Waals surface area contributed by atoms with Gasteiger partial charge in [0, 0.05) is 37.3 Å².